The summed E-state index contributed by atoms with van der Waals surface area (Å²) in [7, 11) is -1.88. The van der Waals surface area contributed by atoms with Gasteiger partial charge in [0.1, 0.15) is 12.4 Å². The molecule has 0 saturated carbocycles. The van der Waals surface area contributed by atoms with Crippen LogP contribution in [0.2, 0.25) is 10.0 Å². The molecule has 2 atom stereocenters. The third-order valence-corrected chi connectivity index (χ3v) is 6.39. The third-order valence-electron chi connectivity index (χ3n) is 3.56. The van der Waals surface area contributed by atoms with Crippen LogP contribution in [-0.4, -0.2) is 19.9 Å². The summed E-state index contributed by atoms with van der Waals surface area (Å²) >= 11 is 11.9. The first-order valence-electron chi connectivity index (χ1n) is 7.38. The van der Waals surface area contributed by atoms with Crippen LogP contribution in [0.3, 0.4) is 0 Å². The van der Waals surface area contributed by atoms with Gasteiger partial charge in [-0.15, -0.1) is 0 Å². The molecule has 0 aliphatic carbocycles. The van der Waals surface area contributed by atoms with Crippen LogP contribution >= 0.6 is 30.6 Å². The van der Waals surface area contributed by atoms with Crippen molar-refractivity contribution in [2.24, 2.45) is 0 Å². The van der Waals surface area contributed by atoms with Crippen LogP contribution in [0, 0.1) is 0 Å². The van der Waals surface area contributed by atoms with Crippen LogP contribution in [0.4, 0.5) is 4.79 Å². The second-order valence-corrected chi connectivity index (χ2v) is 8.89. The summed E-state index contributed by atoms with van der Waals surface area (Å²) in [5.74, 6) is -0.907. The van der Waals surface area contributed by atoms with Crippen molar-refractivity contribution in [1.29, 1.82) is 0 Å². The molecular formula is C17H18Cl2NO4P. The predicted molar refractivity (Wildman–Crippen MR) is 99.5 cm³/mol. The monoisotopic (exact) mass is 401 g/mol. The highest BCUT2D eigenvalue weighted by Crippen LogP contribution is 2.55. The minimum Gasteiger partial charge on any atom is -0.445 e. The smallest absolute Gasteiger partial charge is 0.408 e. The molecule has 0 bridgehead atoms. The van der Waals surface area contributed by atoms with Crippen LogP contribution in [0.15, 0.2) is 48.5 Å². The highest BCUT2D eigenvalue weighted by atomic mass is 35.5. The van der Waals surface area contributed by atoms with Crippen LogP contribution in [-0.2, 0) is 20.4 Å². The van der Waals surface area contributed by atoms with Gasteiger partial charge in [-0.05, 0) is 23.3 Å². The maximum Gasteiger partial charge on any atom is 0.408 e. The Morgan fingerprint density at radius 1 is 1.16 bits per heavy atom. The molecule has 0 aliphatic rings. The van der Waals surface area contributed by atoms with Crippen molar-refractivity contribution in [1.82, 2.24) is 5.32 Å². The Balaban J connectivity index is 2.14. The minimum absolute atomic E-state index is 0.0990. The van der Waals surface area contributed by atoms with Crippen LogP contribution < -0.4 is 5.32 Å². The first kappa shape index (κ1) is 19.8. The van der Waals surface area contributed by atoms with Gasteiger partial charge in [-0.3, -0.25) is 4.57 Å². The lowest BCUT2D eigenvalue weighted by atomic mass is 10.2. The van der Waals surface area contributed by atoms with E-state index in [0.29, 0.717) is 15.6 Å². The largest absolute Gasteiger partial charge is 0.445 e. The summed E-state index contributed by atoms with van der Waals surface area (Å²) in [4.78, 5) is 12.1. The van der Waals surface area contributed by atoms with Crippen LogP contribution in [0.5, 0.6) is 0 Å². The summed E-state index contributed by atoms with van der Waals surface area (Å²) in [5.41, 5.74) is 1.36. The summed E-state index contributed by atoms with van der Waals surface area (Å²) in [5, 5.41) is 3.24. The van der Waals surface area contributed by atoms with E-state index in [1.54, 1.807) is 18.2 Å². The number of alkyl carbamates (subject to hydrolysis) is 1. The molecule has 134 valence electrons. The van der Waals surface area contributed by atoms with E-state index in [9.17, 15) is 9.36 Å². The Bertz CT molecular complexity index is 785. The Kier molecular flexibility index (Phi) is 6.91. The van der Waals surface area contributed by atoms with Crippen molar-refractivity contribution >= 4 is 36.7 Å². The summed E-state index contributed by atoms with van der Waals surface area (Å²) in [6.45, 7) is 1.53. The zero-order valence-corrected chi connectivity index (χ0v) is 16.1. The zero-order chi connectivity index (χ0) is 18.4. The number of carbonyl (C=O) groups excluding carboxylic acids is 1. The molecule has 0 spiro atoms. The average molecular weight is 402 g/mol. The molecule has 8 heteroatoms. The Morgan fingerprint density at radius 2 is 1.84 bits per heavy atom. The van der Waals surface area contributed by atoms with Gasteiger partial charge in [-0.1, -0.05) is 59.6 Å². The predicted octanol–water partition coefficient (Wildman–Crippen LogP) is 5.47. The zero-order valence-electron chi connectivity index (χ0n) is 13.7. The Hall–Kier alpha value is -1.52. The molecule has 2 rings (SSSR count). The molecule has 1 N–H and O–H groups in total. The number of halogens is 2. The number of amides is 1. The van der Waals surface area contributed by atoms with Crippen LogP contribution in [0.1, 0.15) is 16.9 Å². The lowest BCUT2D eigenvalue weighted by Gasteiger charge is -2.24. The first-order chi connectivity index (χ1) is 11.8. The topological polar surface area (TPSA) is 64.6 Å². The van der Waals surface area contributed by atoms with E-state index in [1.165, 1.54) is 13.8 Å². The quantitative estimate of drug-likeness (QED) is 0.651. The van der Waals surface area contributed by atoms with Crippen molar-refractivity contribution < 1.29 is 18.6 Å². The SMILES string of the molecule is CO[P@@](C)(=O)[C@@H](NC(=O)OCc1ccccc1)c1ccc(Cl)c(Cl)c1. The van der Waals surface area contributed by atoms with Gasteiger partial charge in [0.25, 0.3) is 0 Å². The third kappa shape index (κ3) is 5.48. The lowest BCUT2D eigenvalue weighted by Crippen LogP contribution is -2.29. The highest BCUT2D eigenvalue weighted by Gasteiger charge is 2.32. The van der Waals surface area contributed by atoms with Gasteiger partial charge in [0, 0.05) is 13.8 Å². The molecule has 1 amide bonds. The van der Waals surface area contributed by atoms with E-state index < -0.39 is 19.2 Å². The standard InChI is InChI=1S/C17H18Cl2NO4P/c1-23-25(2,22)16(13-8-9-14(18)15(19)10-13)20-17(21)24-11-12-6-4-3-5-7-12/h3-10,16H,11H2,1-2H3,(H,20,21)/t16-,25-/m1/s1. The van der Waals surface area contributed by atoms with Gasteiger partial charge in [0.2, 0.25) is 7.37 Å². The lowest BCUT2D eigenvalue weighted by molar-refractivity contribution is 0.137. The molecule has 2 aromatic carbocycles. The second kappa shape index (κ2) is 8.72. The molecule has 0 fully saturated rings. The van der Waals surface area contributed by atoms with Gasteiger partial charge in [-0.2, -0.15) is 0 Å². The second-order valence-electron chi connectivity index (χ2n) is 5.37. The van der Waals surface area contributed by atoms with E-state index in [4.69, 9.17) is 32.5 Å². The number of nitrogens with one attached hydrogen (secondary N) is 1. The van der Waals surface area contributed by atoms with E-state index in [1.807, 2.05) is 30.3 Å². The summed E-state index contributed by atoms with van der Waals surface area (Å²) in [6, 6.07) is 14.0. The highest BCUT2D eigenvalue weighted by molar-refractivity contribution is 7.58. The van der Waals surface area contributed by atoms with Gasteiger partial charge >= 0.3 is 6.09 Å². The van der Waals surface area contributed by atoms with Crippen molar-refractivity contribution in [3.8, 4) is 0 Å². The fourth-order valence-electron chi connectivity index (χ4n) is 2.14. The van der Waals surface area contributed by atoms with Gasteiger partial charge in [-0.25, -0.2) is 4.79 Å². The molecule has 0 aromatic heterocycles. The van der Waals surface area contributed by atoms with E-state index in [0.717, 1.165) is 5.56 Å². The fourth-order valence-corrected chi connectivity index (χ4v) is 3.70. The maximum absolute atomic E-state index is 12.7. The maximum atomic E-state index is 12.7. The van der Waals surface area contributed by atoms with E-state index in [-0.39, 0.29) is 6.61 Å². The van der Waals surface area contributed by atoms with Gasteiger partial charge in [0.05, 0.1) is 10.0 Å². The number of carbonyl (C=O) groups is 1. The van der Waals surface area contributed by atoms with Crippen molar-refractivity contribution in [2.45, 2.75) is 12.4 Å². The molecule has 0 saturated heterocycles. The van der Waals surface area contributed by atoms with Gasteiger partial charge < -0.3 is 14.6 Å². The summed E-state index contributed by atoms with van der Waals surface area (Å²) in [6.07, 6.45) is -0.709. The molecule has 5 nitrogen and oxygen atoms in total. The molecule has 2 aromatic rings. The van der Waals surface area contributed by atoms with E-state index in [2.05, 4.69) is 5.32 Å². The molecule has 25 heavy (non-hydrogen) atoms. The molecule has 0 unspecified atom stereocenters. The van der Waals surface area contributed by atoms with Crippen molar-refractivity contribution in [2.75, 3.05) is 13.8 Å². The van der Waals surface area contributed by atoms with Crippen LogP contribution in [0.25, 0.3) is 0 Å². The summed E-state index contributed by atoms with van der Waals surface area (Å²) < 4.78 is 23.0. The minimum atomic E-state index is -3.20. The van der Waals surface area contributed by atoms with Crippen molar-refractivity contribution in [3.63, 3.8) is 0 Å². The average Bonchev–Trinajstić information content (AvgIpc) is 2.61. The normalized spacial score (nSPS) is 14.4. The Labute approximate surface area is 156 Å². The number of benzene rings is 2. The molecule has 0 heterocycles. The van der Waals surface area contributed by atoms with E-state index >= 15 is 0 Å². The number of hydrogen-bond acceptors (Lipinski definition) is 4. The first-order valence-corrected chi connectivity index (χ1v) is 10.3. The number of hydrogen-bond donors (Lipinski definition) is 1. The van der Waals surface area contributed by atoms with Gasteiger partial charge in [0.15, 0.2) is 0 Å². The Morgan fingerprint density at radius 3 is 2.44 bits per heavy atom. The molecule has 0 aliphatic heterocycles. The number of ether oxygens (including phenoxy) is 1. The number of rotatable bonds is 6. The molecule has 0 radical (unpaired) electrons. The van der Waals surface area contributed by atoms with Crippen molar-refractivity contribution in [3.05, 3.63) is 69.7 Å². The fraction of sp³-hybridized carbons (Fsp3) is 0.235. The molecular weight excluding hydrogens is 384 g/mol.